The molecule has 1 atom stereocenters. The van der Waals surface area contributed by atoms with Crippen LogP contribution >= 0.6 is 0 Å². The highest BCUT2D eigenvalue weighted by Crippen LogP contribution is 2.10. The summed E-state index contributed by atoms with van der Waals surface area (Å²) in [5.41, 5.74) is 7.69. The van der Waals surface area contributed by atoms with Crippen LogP contribution in [0.15, 0.2) is 48.5 Å². The van der Waals surface area contributed by atoms with Crippen molar-refractivity contribution in [3.63, 3.8) is 0 Å². The van der Waals surface area contributed by atoms with Gasteiger partial charge in [0.2, 0.25) is 5.91 Å². The molecule has 0 bridgehead atoms. The maximum atomic E-state index is 12.2. The fraction of sp³-hybridized carbons (Fsp3) is 0.231. The summed E-state index contributed by atoms with van der Waals surface area (Å²) in [6.45, 7) is -0.812. The van der Waals surface area contributed by atoms with Gasteiger partial charge in [-0.1, -0.05) is 11.8 Å². The van der Waals surface area contributed by atoms with Gasteiger partial charge >= 0.3 is 5.97 Å². The SMILES string of the molecule is NC[C@H](NC(=O)c1ccc(C#CC#Cc2ccc(NC(=O)CCCC(=O)O)cc2)cc1)C(=O)CO. The summed E-state index contributed by atoms with van der Waals surface area (Å²) in [4.78, 5) is 46.0. The van der Waals surface area contributed by atoms with E-state index in [0.29, 0.717) is 22.4 Å². The summed E-state index contributed by atoms with van der Waals surface area (Å²) in [5.74, 6) is 8.97. The summed E-state index contributed by atoms with van der Waals surface area (Å²) in [6.07, 6.45) is 0.359. The molecule has 0 aromatic heterocycles. The minimum atomic E-state index is -0.948. The van der Waals surface area contributed by atoms with Crippen molar-refractivity contribution in [2.75, 3.05) is 18.5 Å². The van der Waals surface area contributed by atoms with Crippen LogP contribution in [0.25, 0.3) is 0 Å². The van der Waals surface area contributed by atoms with Crippen molar-refractivity contribution in [1.82, 2.24) is 5.32 Å². The van der Waals surface area contributed by atoms with Gasteiger partial charge in [-0.25, -0.2) is 0 Å². The fourth-order valence-corrected chi connectivity index (χ4v) is 2.79. The first-order valence-electron chi connectivity index (χ1n) is 10.7. The maximum absolute atomic E-state index is 12.2. The highest BCUT2D eigenvalue weighted by atomic mass is 16.4. The number of hydrogen-bond donors (Lipinski definition) is 5. The number of benzene rings is 2. The van der Waals surface area contributed by atoms with E-state index in [0.717, 1.165) is 0 Å². The number of aliphatic hydroxyl groups is 1. The zero-order valence-electron chi connectivity index (χ0n) is 18.8. The molecule has 2 rings (SSSR count). The van der Waals surface area contributed by atoms with Crippen LogP contribution in [0.5, 0.6) is 0 Å². The number of aliphatic carboxylic acids is 1. The number of carboxylic acid groups (broad SMARTS) is 1. The van der Waals surface area contributed by atoms with E-state index in [-0.39, 0.29) is 31.7 Å². The largest absolute Gasteiger partial charge is 0.481 e. The number of nitrogens with two attached hydrogens (primary N) is 1. The van der Waals surface area contributed by atoms with Gasteiger partial charge in [0.15, 0.2) is 5.78 Å². The molecular weight excluding hydrogens is 450 g/mol. The second kappa shape index (κ2) is 14.0. The van der Waals surface area contributed by atoms with Crippen LogP contribution in [0, 0.1) is 23.7 Å². The van der Waals surface area contributed by atoms with Crippen molar-refractivity contribution < 1.29 is 29.4 Å². The Bertz CT molecular complexity index is 1180. The molecule has 35 heavy (non-hydrogen) atoms. The molecule has 180 valence electrons. The Morgan fingerprint density at radius 1 is 0.886 bits per heavy atom. The van der Waals surface area contributed by atoms with Gasteiger partial charge in [-0.05, 0) is 66.8 Å². The lowest BCUT2D eigenvalue weighted by Gasteiger charge is -2.14. The van der Waals surface area contributed by atoms with E-state index < -0.39 is 30.3 Å². The van der Waals surface area contributed by atoms with E-state index in [1.807, 2.05) is 0 Å². The average Bonchev–Trinajstić information content (AvgIpc) is 2.85. The van der Waals surface area contributed by atoms with Crippen molar-refractivity contribution in [1.29, 1.82) is 0 Å². The van der Waals surface area contributed by atoms with Crippen LogP contribution in [-0.2, 0) is 14.4 Å². The van der Waals surface area contributed by atoms with Gasteiger partial charge in [0.1, 0.15) is 12.6 Å². The predicted molar refractivity (Wildman–Crippen MR) is 129 cm³/mol. The molecule has 9 nitrogen and oxygen atoms in total. The predicted octanol–water partition coefficient (Wildman–Crippen LogP) is 0.902. The van der Waals surface area contributed by atoms with Gasteiger partial charge in [-0.15, -0.1) is 0 Å². The van der Waals surface area contributed by atoms with Crippen molar-refractivity contribution in [2.45, 2.75) is 25.3 Å². The Balaban J connectivity index is 1.90. The minimum absolute atomic E-state index is 0.0503. The van der Waals surface area contributed by atoms with Crippen LogP contribution in [0.2, 0.25) is 0 Å². The Kier molecular flexibility index (Phi) is 10.7. The number of anilines is 1. The number of ketones is 1. The number of carboxylic acids is 1. The van der Waals surface area contributed by atoms with E-state index >= 15 is 0 Å². The monoisotopic (exact) mass is 475 g/mol. The molecule has 0 fully saturated rings. The van der Waals surface area contributed by atoms with Gasteiger partial charge in [0.05, 0.1) is 0 Å². The third-order valence-corrected chi connectivity index (χ3v) is 4.67. The summed E-state index contributed by atoms with van der Waals surface area (Å²) in [6, 6.07) is 12.3. The van der Waals surface area contributed by atoms with Crippen LogP contribution in [0.3, 0.4) is 0 Å². The molecule has 0 aliphatic carbocycles. The Morgan fingerprint density at radius 2 is 1.46 bits per heavy atom. The van der Waals surface area contributed by atoms with Crippen molar-refractivity contribution in [3.8, 4) is 23.7 Å². The lowest BCUT2D eigenvalue weighted by atomic mass is 10.1. The average molecular weight is 476 g/mol. The zero-order chi connectivity index (χ0) is 25.6. The molecule has 2 aromatic rings. The third-order valence-electron chi connectivity index (χ3n) is 4.67. The van der Waals surface area contributed by atoms with E-state index in [2.05, 4.69) is 34.3 Å². The maximum Gasteiger partial charge on any atom is 0.303 e. The first kappa shape index (κ1) is 26.8. The molecule has 9 heteroatoms. The van der Waals surface area contributed by atoms with Crippen LogP contribution in [0.4, 0.5) is 5.69 Å². The number of amides is 2. The smallest absolute Gasteiger partial charge is 0.303 e. The van der Waals surface area contributed by atoms with E-state index in [4.69, 9.17) is 15.9 Å². The van der Waals surface area contributed by atoms with Gasteiger partial charge in [-0.2, -0.15) is 0 Å². The van der Waals surface area contributed by atoms with E-state index in [1.165, 1.54) is 0 Å². The molecule has 0 spiro atoms. The van der Waals surface area contributed by atoms with Crippen LogP contribution in [-0.4, -0.2) is 53.0 Å². The summed E-state index contributed by atoms with van der Waals surface area (Å²) in [5, 5.41) is 22.7. The molecule has 2 amide bonds. The lowest BCUT2D eigenvalue weighted by Crippen LogP contribution is -2.46. The topological polar surface area (TPSA) is 159 Å². The summed E-state index contributed by atoms with van der Waals surface area (Å²) < 4.78 is 0. The molecule has 0 saturated heterocycles. The number of carbonyl (C=O) groups is 4. The van der Waals surface area contributed by atoms with Crippen LogP contribution < -0.4 is 16.4 Å². The third kappa shape index (κ3) is 9.52. The minimum Gasteiger partial charge on any atom is -0.481 e. The molecule has 6 N–H and O–H groups in total. The van der Waals surface area contributed by atoms with E-state index in [9.17, 15) is 19.2 Å². The number of hydrogen-bond acceptors (Lipinski definition) is 6. The highest BCUT2D eigenvalue weighted by Gasteiger charge is 2.18. The summed E-state index contributed by atoms with van der Waals surface area (Å²) in [7, 11) is 0. The molecular formula is C26H25N3O6. The molecule has 0 radical (unpaired) electrons. The Labute approximate surface area is 202 Å². The number of rotatable bonds is 10. The molecule has 0 aliphatic rings. The normalized spacial score (nSPS) is 10.6. The Hall–Kier alpha value is -4.44. The molecule has 0 unspecified atom stereocenters. The zero-order valence-corrected chi connectivity index (χ0v) is 18.8. The van der Waals surface area contributed by atoms with Crippen LogP contribution in [0.1, 0.15) is 40.7 Å². The molecule has 0 aliphatic heterocycles. The van der Waals surface area contributed by atoms with E-state index in [1.54, 1.807) is 48.5 Å². The summed E-state index contributed by atoms with van der Waals surface area (Å²) >= 11 is 0. The molecule has 0 heterocycles. The Morgan fingerprint density at radius 3 is 1.97 bits per heavy atom. The van der Waals surface area contributed by atoms with Crippen molar-refractivity contribution in [2.24, 2.45) is 5.73 Å². The first-order valence-corrected chi connectivity index (χ1v) is 10.7. The van der Waals surface area contributed by atoms with Crippen molar-refractivity contribution in [3.05, 3.63) is 65.2 Å². The number of Topliss-reactive ketones (excluding diaryl/α,β-unsaturated/α-hetero) is 1. The lowest BCUT2D eigenvalue weighted by molar-refractivity contribution is -0.137. The number of carbonyl (C=O) groups excluding carboxylic acids is 3. The number of aliphatic hydroxyl groups excluding tert-OH is 1. The first-order chi connectivity index (χ1) is 16.8. The second-order valence-electron chi connectivity index (χ2n) is 7.34. The molecule has 0 saturated carbocycles. The second-order valence-corrected chi connectivity index (χ2v) is 7.34. The highest BCUT2D eigenvalue weighted by molar-refractivity contribution is 5.98. The standard InChI is InChI=1S/C26H25N3O6/c27-16-22(23(31)17-30)29-26(35)20-12-8-18(9-13-20)4-1-2-5-19-10-14-21(15-11-19)28-24(32)6-3-7-25(33)34/h8-15,22,30H,3,6-7,16-17,27H2,(H,28,32)(H,29,35)(H,33,34)/t22-/m0/s1. The van der Waals surface area contributed by atoms with Gasteiger partial charge < -0.3 is 26.6 Å². The molecule has 2 aromatic carbocycles. The van der Waals surface area contributed by atoms with Gasteiger partial charge in [-0.3, -0.25) is 19.2 Å². The fourth-order valence-electron chi connectivity index (χ4n) is 2.79. The van der Waals surface area contributed by atoms with Gasteiger partial charge in [0, 0.05) is 41.8 Å². The quantitative estimate of drug-likeness (QED) is 0.319. The van der Waals surface area contributed by atoms with Crippen molar-refractivity contribution >= 4 is 29.3 Å². The van der Waals surface area contributed by atoms with Gasteiger partial charge in [0.25, 0.3) is 5.91 Å². The number of nitrogens with one attached hydrogen (secondary N) is 2.